The molecule has 1 heterocycles. The molecular formula is C16H10F3N3O2S. The fraction of sp³-hybridized carbons (Fsp3) is 0.0625. The van der Waals surface area contributed by atoms with Crippen molar-refractivity contribution in [3.8, 4) is 11.3 Å². The second-order valence-electron chi connectivity index (χ2n) is 5.05. The molecule has 3 rings (SSSR count). The Morgan fingerprint density at radius 1 is 1.12 bits per heavy atom. The molecule has 0 amide bonds. The number of halogens is 3. The van der Waals surface area contributed by atoms with Crippen molar-refractivity contribution in [2.45, 2.75) is 6.18 Å². The van der Waals surface area contributed by atoms with E-state index in [1.165, 1.54) is 35.6 Å². The van der Waals surface area contributed by atoms with Gasteiger partial charge >= 0.3 is 6.18 Å². The zero-order chi connectivity index (χ0) is 18.0. The third kappa shape index (κ3) is 3.94. The molecule has 0 aliphatic rings. The first-order valence-electron chi connectivity index (χ1n) is 6.97. The SMILES string of the molecule is O=[N+]([O-])c1cccc(-c2csc(Nc3ccc(C(F)(F)F)cc3)n2)c1. The van der Waals surface area contributed by atoms with Crippen molar-refractivity contribution < 1.29 is 18.1 Å². The normalized spacial score (nSPS) is 11.3. The standard InChI is InChI=1S/C16H10F3N3O2S/c17-16(18,19)11-4-6-12(7-5-11)20-15-21-14(9-25-15)10-2-1-3-13(8-10)22(23)24/h1-9H,(H,20,21). The molecule has 0 saturated heterocycles. The lowest BCUT2D eigenvalue weighted by Gasteiger charge is -2.07. The van der Waals surface area contributed by atoms with Crippen LogP contribution >= 0.6 is 11.3 Å². The Bertz CT molecular complexity index is 907. The van der Waals surface area contributed by atoms with Crippen molar-refractivity contribution in [3.63, 3.8) is 0 Å². The minimum atomic E-state index is -4.38. The van der Waals surface area contributed by atoms with Gasteiger partial charge in [-0.1, -0.05) is 12.1 Å². The minimum Gasteiger partial charge on any atom is -0.332 e. The largest absolute Gasteiger partial charge is 0.416 e. The van der Waals surface area contributed by atoms with Crippen LogP contribution in [0.3, 0.4) is 0 Å². The number of rotatable bonds is 4. The van der Waals surface area contributed by atoms with Crippen molar-refractivity contribution >= 4 is 27.8 Å². The number of anilines is 2. The monoisotopic (exact) mass is 365 g/mol. The third-order valence-electron chi connectivity index (χ3n) is 3.32. The van der Waals surface area contributed by atoms with Crippen LogP contribution in [0, 0.1) is 10.1 Å². The van der Waals surface area contributed by atoms with Crippen LogP contribution in [0.5, 0.6) is 0 Å². The number of nitro benzene ring substituents is 1. The van der Waals surface area contributed by atoms with Crippen LogP contribution in [0.15, 0.2) is 53.9 Å². The van der Waals surface area contributed by atoms with Gasteiger partial charge in [-0.25, -0.2) is 4.98 Å². The van der Waals surface area contributed by atoms with Gasteiger partial charge in [-0.05, 0) is 24.3 Å². The van der Waals surface area contributed by atoms with Gasteiger partial charge in [-0.15, -0.1) is 11.3 Å². The van der Waals surface area contributed by atoms with Crippen LogP contribution in [0.4, 0.5) is 29.7 Å². The molecule has 0 saturated carbocycles. The van der Waals surface area contributed by atoms with E-state index in [-0.39, 0.29) is 5.69 Å². The summed E-state index contributed by atoms with van der Waals surface area (Å²) in [5, 5.41) is 15.9. The Morgan fingerprint density at radius 3 is 2.48 bits per heavy atom. The van der Waals surface area contributed by atoms with E-state index in [1.807, 2.05) is 0 Å². The predicted molar refractivity (Wildman–Crippen MR) is 88.9 cm³/mol. The molecule has 0 aliphatic heterocycles. The average molecular weight is 365 g/mol. The molecule has 1 N–H and O–H groups in total. The maximum absolute atomic E-state index is 12.5. The van der Waals surface area contributed by atoms with E-state index in [1.54, 1.807) is 17.5 Å². The number of thiazole rings is 1. The Kier molecular flexibility index (Phi) is 4.41. The minimum absolute atomic E-state index is 0.0391. The van der Waals surface area contributed by atoms with Gasteiger partial charge in [0, 0.05) is 28.8 Å². The number of hydrogen-bond acceptors (Lipinski definition) is 5. The van der Waals surface area contributed by atoms with Crippen LogP contribution < -0.4 is 5.32 Å². The van der Waals surface area contributed by atoms with E-state index in [2.05, 4.69) is 10.3 Å². The molecule has 128 valence electrons. The number of nitrogens with zero attached hydrogens (tertiary/aromatic N) is 2. The van der Waals surface area contributed by atoms with Gasteiger partial charge < -0.3 is 5.32 Å². The lowest BCUT2D eigenvalue weighted by molar-refractivity contribution is -0.384. The summed E-state index contributed by atoms with van der Waals surface area (Å²) in [5.41, 5.74) is 0.833. The number of nitrogens with one attached hydrogen (secondary N) is 1. The summed E-state index contributed by atoms with van der Waals surface area (Å²) in [4.78, 5) is 14.6. The first-order valence-corrected chi connectivity index (χ1v) is 7.85. The van der Waals surface area contributed by atoms with E-state index in [0.29, 0.717) is 22.1 Å². The maximum atomic E-state index is 12.5. The van der Waals surface area contributed by atoms with E-state index in [0.717, 1.165) is 12.1 Å². The number of nitro groups is 1. The van der Waals surface area contributed by atoms with Crippen molar-refractivity contribution in [1.82, 2.24) is 4.98 Å². The van der Waals surface area contributed by atoms with Gasteiger partial charge in [0.1, 0.15) is 0 Å². The molecule has 5 nitrogen and oxygen atoms in total. The van der Waals surface area contributed by atoms with Crippen LogP contribution in [0.2, 0.25) is 0 Å². The molecule has 0 spiro atoms. The zero-order valence-electron chi connectivity index (χ0n) is 12.4. The first kappa shape index (κ1) is 16.9. The second-order valence-corrected chi connectivity index (χ2v) is 5.90. The highest BCUT2D eigenvalue weighted by atomic mass is 32.1. The zero-order valence-corrected chi connectivity index (χ0v) is 13.3. The number of aromatic nitrogens is 1. The van der Waals surface area contributed by atoms with E-state index in [4.69, 9.17) is 0 Å². The van der Waals surface area contributed by atoms with Crippen molar-refractivity contribution in [3.05, 3.63) is 69.6 Å². The molecule has 0 radical (unpaired) electrons. The van der Waals surface area contributed by atoms with Gasteiger partial charge in [0.25, 0.3) is 5.69 Å². The molecule has 0 bridgehead atoms. The average Bonchev–Trinajstić information content (AvgIpc) is 3.03. The summed E-state index contributed by atoms with van der Waals surface area (Å²) in [5.74, 6) is 0. The number of benzene rings is 2. The Labute approximate surface area is 143 Å². The number of non-ortho nitro benzene ring substituents is 1. The number of hydrogen-bond donors (Lipinski definition) is 1. The van der Waals surface area contributed by atoms with Crippen molar-refractivity contribution in [1.29, 1.82) is 0 Å². The highest BCUT2D eigenvalue weighted by molar-refractivity contribution is 7.14. The molecule has 1 aromatic heterocycles. The highest BCUT2D eigenvalue weighted by Gasteiger charge is 2.29. The quantitative estimate of drug-likeness (QED) is 0.491. The molecular weight excluding hydrogens is 355 g/mol. The van der Waals surface area contributed by atoms with E-state index < -0.39 is 16.7 Å². The fourth-order valence-corrected chi connectivity index (χ4v) is 2.85. The lowest BCUT2D eigenvalue weighted by atomic mass is 10.1. The van der Waals surface area contributed by atoms with Crippen LogP contribution in [-0.4, -0.2) is 9.91 Å². The summed E-state index contributed by atoms with van der Waals surface area (Å²) in [6.07, 6.45) is -4.38. The van der Waals surface area contributed by atoms with Gasteiger partial charge in [0.15, 0.2) is 5.13 Å². The Balaban J connectivity index is 1.78. The molecule has 0 atom stereocenters. The molecule has 25 heavy (non-hydrogen) atoms. The number of alkyl halides is 3. The highest BCUT2D eigenvalue weighted by Crippen LogP contribution is 2.32. The van der Waals surface area contributed by atoms with Crippen LogP contribution in [0.25, 0.3) is 11.3 Å². The van der Waals surface area contributed by atoms with Crippen molar-refractivity contribution in [2.75, 3.05) is 5.32 Å². The molecule has 0 aliphatic carbocycles. The Morgan fingerprint density at radius 2 is 1.84 bits per heavy atom. The summed E-state index contributed by atoms with van der Waals surface area (Å²) < 4.78 is 37.6. The molecule has 2 aromatic carbocycles. The van der Waals surface area contributed by atoms with Gasteiger partial charge in [0.05, 0.1) is 16.2 Å². The lowest BCUT2D eigenvalue weighted by Crippen LogP contribution is -2.04. The predicted octanol–water partition coefficient (Wildman–Crippen LogP) is 5.48. The fourth-order valence-electron chi connectivity index (χ4n) is 2.11. The summed E-state index contributed by atoms with van der Waals surface area (Å²) in [6, 6.07) is 10.7. The van der Waals surface area contributed by atoms with Crippen LogP contribution in [0.1, 0.15) is 5.56 Å². The van der Waals surface area contributed by atoms with Gasteiger partial charge in [0.2, 0.25) is 0 Å². The maximum Gasteiger partial charge on any atom is 0.416 e. The summed E-state index contributed by atoms with van der Waals surface area (Å²) >= 11 is 1.25. The van der Waals surface area contributed by atoms with Crippen molar-refractivity contribution in [2.24, 2.45) is 0 Å². The topological polar surface area (TPSA) is 68.1 Å². The Hall–Kier alpha value is -2.94. The molecule has 0 fully saturated rings. The van der Waals surface area contributed by atoms with Gasteiger partial charge in [-0.3, -0.25) is 10.1 Å². The smallest absolute Gasteiger partial charge is 0.332 e. The molecule has 9 heteroatoms. The first-order chi connectivity index (χ1) is 11.8. The molecule has 0 unspecified atom stereocenters. The van der Waals surface area contributed by atoms with Crippen LogP contribution in [-0.2, 0) is 6.18 Å². The van der Waals surface area contributed by atoms with E-state index in [9.17, 15) is 23.3 Å². The summed E-state index contributed by atoms with van der Waals surface area (Å²) in [7, 11) is 0. The summed E-state index contributed by atoms with van der Waals surface area (Å²) in [6.45, 7) is 0. The third-order valence-corrected chi connectivity index (χ3v) is 4.08. The van der Waals surface area contributed by atoms with Gasteiger partial charge in [-0.2, -0.15) is 13.2 Å². The molecule has 3 aromatic rings. The van der Waals surface area contributed by atoms with E-state index >= 15 is 0 Å². The second kappa shape index (κ2) is 6.52.